The Morgan fingerprint density at radius 2 is 1.25 bits per heavy atom. The van der Waals surface area contributed by atoms with E-state index in [1.54, 1.807) is 53.1 Å². The molecule has 0 spiro atoms. The molecular weight excluding hydrogens is 544 g/mol. The number of para-hydroxylation sites is 2. The normalized spacial score (nSPS) is 12.1. The summed E-state index contributed by atoms with van der Waals surface area (Å²) >= 11 is 0. The van der Waals surface area contributed by atoms with Crippen LogP contribution in [0.1, 0.15) is 11.1 Å². The number of hydrogen-bond acceptors (Lipinski definition) is 6. The van der Waals surface area contributed by atoms with E-state index in [1.165, 1.54) is 24.3 Å². The quantitative estimate of drug-likeness (QED) is 0.269. The first-order valence-electron chi connectivity index (χ1n) is 12.5. The van der Waals surface area contributed by atoms with Gasteiger partial charge in [0.15, 0.2) is 5.65 Å². The molecule has 2 aromatic heterocycles. The maximum atomic E-state index is 14.2. The lowest BCUT2D eigenvalue weighted by molar-refractivity contribution is 0.596. The van der Waals surface area contributed by atoms with Gasteiger partial charge in [0.05, 0.1) is 27.4 Å². The number of benzene rings is 4. The zero-order valence-corrected chi connectivity index (χ0v) is 23.0. The van der Waals surface area contributed by atoms with Crippen molar-refractivity contribution in [1.82, 2.24) is 14.5 Å². The third-order valence-corrected chi connectivity index (χ3v) is 9.75. The van der Waals surface area contributed by atoms with Gasteiger partial charge in [-0.3, -0.25) is 4.72 Å². The molecule has 0 saturated heterocycles. The van der Waals surface area contributed by atoms with Gasteiger partial charge in [-0.15, -0.1) is 0 Å². The first kappa shape index (κ1) is 25.7. The highest BCUT2D eigenvalue weighted by atomic mass is 32.2. The molecule has 1 N–H and O–H groups in total. The van der Waals surface area contributed by atoms with Crippen molar-refractivity contribution in [1.29, 1.82) is 0 Å². The zero-order valence-electron chi connectivity index (χ0n) is 21.4. The van der Waals surface area contributed by atoms with Crippen LogP contribution in [0.25, 0.3) is 22.2 Å². The van der Waals surface area contributed by atoms with Crippen molar-refractivity contribution < 1.29 is 16.8 Å². The monoisotopic (exact) mass is 568 g/mol. The Hall–Kier alpha value is -4.54. The molecule has 0 bridgehead atoms. The largest absolute Gasteiger partial charge is 0.305 e. The van der Waals surface area contributed by atoms with Gasteiger partial charge in [-0.05, 0) is 48.9 Å². The molecule has 200 valence electrons. The average molecular weight is 569 g/mol. The highest BCUT2D eigenvalue weighted by molar-refractivity contribution is 7.93. The second kappa shape index (κ2) is 9.89. The standard InChI is InChI=1S/C30H24N4O4S2/c1-21-16-18-24(19-17-21)40(37,38)33-30-28(39(35,36)23-12-6-3-7-13-23)27-29(32-26-15-9-8-14-25(26)31-27)34(30)20-22-10-4-2-5-11-22/h2-19,33H,20H2,1H3. The van der Waals surface area contributed by atoms with Crippen molar-refractivity contribution in [3.05, 3.63) is 120 Å². The third-order valence-electron chi connectivity index (χ3n) is 6.58. The zero-order chi connectivity index (χ0) is 27.9. The van der Waals surface area contributed by atoms with Gasteiger partial charge >= 0.3 is 0 Å². The molecule has 10 heteroatoms. The number of rotatable bonds is 7. The van der Waals surface area contributed by atoms with E-state index in [0.717, 1.165) is 11.1 Å². The Morgan fingerprint density at radius 1 is 0.675 bits per heavy atom. The van der Waals surface area contributed by atoms with E-state index in [9.17, 15) is 16.8 Å². The molecule has 0 aliphatic rings. The minimum Gasteiger partial charge on any atom is -0.305 e. The maximum absolute atomic E-state index is 14.2. The Balaban J connectivity index is 1.70. The molecule has 0 atom stereocenters. The average Bonchev–Trinajstić information content (AvgIpc) is 3.24. The summed E-state index contributed by atoms with van der Waals surface area (Å²) in [5.41, 5.74) is 3.10. The molecule has 0 unspecified atom stereocenters. The molecule has 8 nitrogen and oxygen atoms in total. The van der Waals surface area contributed by atoms with Gasteiger partial charge < -0.3 is 4.57 Å². The summed E-state index contributed by atoms with van der Waals surface area (Å²) in [5, 5.41) is 0. The Morgan fingerprint density at radius 3 is 1.90 bits per heavy atom. The lowest BCUT2D eigenvalue weighted by Gasteiger charge is -2.15. The van der Waals surface area contributed by atoms with Crippen molar-refractivity contribution in [3.63, 3.8) is 0 Å². The van der Waals surface area contributed by atoms with Crippen molar-refractivity contribution in [3.8, 4) is 0 Å². The van der Waals surface area contributed by atoms with Gasteiger partial charge in [0.1, 0.15) is 16.2 Å². The van der Waals surface area contributed by atoms with Crippen LogP contribution in [-0.4, -0.2) is 31.4 Å². The summed E-state index contributed by atoms with van der Waals surface area (Å²) in [5.74, 6) is -0.126. The number of sulfonamides is 1. The summed E-state index contributed by atoms with van der Waals surface area (Å²) in [6, 6.07) is 30.7. The highest BCUT2D eigenvalue weighted by Crippen LogP contribution is 2.38. The van der Waals surface area contributed by atoms with Crippen molar-refractivity contribution in [2.75, 3.05) is 4.72 Å². The minimum absolute atomic E-state index is 0.00348. The Kier molecular flexibility index (Phi) is 6.36. The predicted molar refractivity (Wildman–Crippen MR) is 154 cm³/mol. The van der Waals surface area contributed by atoms with Crippen molar-refractivity contribution >= 4 is 47.9 Å². The molecule has 0 amide bonds. The maximum Gasteiger partial charge on any atom is 0.263 e. The number of aromatic nitrogens is 3. The van der Waals surface area contributed by atoms with Gasteiger partial charge in [0.2, 0.25) is 9.84 Å². The minimum atomic E-state index is -4.25. The van der Waals surface area contributed by atoms with E-state index in [4.69, 9.17) is 9.97 Å². The van der Waals surface area contributed by atoms with Crippen LogP contribution in [-0.2, 0) is 26.4 Å². The number of fused-ring (bicyclic) bond motifs is 2. The summed E-state index contributed by atoms with van der Waals surface area (Å²) in [6.45, 7) is 2.01. The van der Waals surface area contributed by atoms with Crippen molar-refractivity contribution in [2.24, 2.45) is 0 Å². The number of hydrogen-bond donors (Lipinski definition) is 1. The lowest BCUT2D eigenvalue weighted by Crippen LogP contribution is -2.18. The molecule has 0 radical (unpaired) electrons. The smallest absolute Gasteiger partial charge is 0.263 e. The van der Waals surface area contributed by atoms with E-state index >= 15 is 0 Å². The van der Waals surface area contributed by atoms with Gasteiger partial charge in [0, 0.05) is 0 Å². The van der Waals surface area contributed by atoms with Gasteiger partial charge in [-0.25, -0.2) is 26.8 Å². The van der Waals surface area contributed by atoms with E-state index in [0.29, 0.717) is 11.0 Å². The fourth-order valence-corrected chi connectivity index (χ4v) is 7.27. The second-order valence-electron chi connectivity index (χ2n) is 9.37. The first-order chi connectivity index (χ1) is 19.2. The molecular formula is C30H24N4O4S2. The topological polar surface area (TPSA) is 111 Å². The van der Waals surface area contributed by atoms with Crippen LogP contribution in [0.5, 0.6) is 0 Å². The Labute approximate surface area is 231 Å². The van der Waals surface area contributed by atoms with E-state index < -0.39 is 19.9 Å². The first-order valence-corrected chi connectivity index (χ1v) is 15.4. The molecule has 6 rings (SSSR count). The summed E-state index contributed by atoms with van der Waals surface area (Å²) in [4.78, 5) is 9.25. The SMILES string of the molecule is Cc1ccc(S(=O)(=O)Nc2c(S(=O)(=O)c3ccccc3)c3nc4ccccc4nc3n2Cc2ccccc2)cc1. The van der Waals surface area contributed by atoms with Gasteiger partial charge in [-0.1, -0.05) is 78.4 Å². The van der Waals surface area contributed by atoms with Crippen LogP contribution in [0.4, 0.5) is 5.82 Å². The molecule has 0 saturated carbocycles. The summed E-state index contributed by atoms with van der Waals surface area (Å²) in [7, 11) is -8.44. The van der Waals surface area contributed by atoms with Gasteiger partial charge in [-0.2, -0.15) is 0 Å². The fourth-order valence-electron chi connectivity index (χ4n) is 4.57. The van der Waals surface area contributed by atoms with Crippen LogP contribution < -0.4 is 4.72 Å². The number of nitrogens with one attached hydrogen (secondary N) is 1. The van der Waals surface area contributed by atoms with Crippen LogP contribution in [0.2, 0.25) is 0 Å². The number of aryl methyl sites for hydroxylation is 1. The third kappa shape index (κ3) is 4.61. The molecule has 4 aromatic carbocycles. The molecule has 6 aromatic rings. The summed E-state index contributed by atoms with van der Waals surface area (Å²) < 4.78 is 60.0. The van der Waals surface area contributed by atoms with E-state index in [-0.39, 0.29) is 38.2 Å². The fraction of sp³-hybridized carbons (Fsp3) is 0.0667. The summed E-state index contributed by atoms with van der Waals surface area (Å²) in [6.07, 6.45) is 0. The van der Waals surface area contributed by atoms with Crippen LogP contribution >= 0.6 is 0 Å². The van der Waals surface area contributed by atoms with Crippen LogP contribution in [0, 0.1) is 6.92 Å². The van der Waals surface area contributed by atoms with E-state index in [1.807, 2.05) is 43.3 Å². The highest BCUT2D eigenvalue weighted by Gasteiger charge is 2.33. The molecule has 0 aliphatic carbocycles. The number of sulfone groups is 1. The number of anilines is 1. The molecule has 40 heavy (non-hydrogen) atoms. The Bertz CT molecular complexity index is 2080. The van der Waals surface area contributed by atoms with Gasteiger partial charge in [0.25, 0.3) is 10.0 Å². The molecule has 0 aliphatic heterocycles. The van der Waals surface area contributed by atoms with Crippen LogP contribution in [0.15, 0.2) is 124 Å². The second-order valence-corrected chi connectivity index (χ2v) is 12.9. The molecule has 2 heterocycles. The molecule has 0 fully saturated rings. The predicted octanol–water partition coefficient (Wildman–Crippen LogP) is 5.57. The van der Waals surface area contributed by atoms with Crippen molar-refractivity contribution in [2.45, 2.75) is 28.2 Å². The van der Waals surface area contributed by atoms with E-state index in [2.05, 4.69) is 4.72 Å². The lowest BCUT2D eigenvalue weighted by atomic mass is 10.2. The number of nitrogens with zero attached hydrogens (tertiary/aromatic N) is 3. The van der Waals surface area contributed by atoms with Crippen LogP contribution in [0.3, 0.4) is 0 Å².